The Bertz CT molecular complexity index is 730. The number of guanidine groups is 1. The lowest BCUT2D eigenvalue weighted by Crippen LogP contribution is -2.38. The Morgan fingerprint density at radius 1 is 1.32 bits per heavy atom. The Balaban J connectivity index is 0.00000225. The fourth-order valence-electron chi connectivity index (χ4n) is 3.00. The van der Waals surface area contributed by atoms with Crippen molar-refractivity contribution in [2.75, 3.05) is 14.1 Å². The van der Waals surface area contributed by atoms with Crippen LogP contribution in [0.3, 0.4) is 0 Å². The molecule has 0 radical (unpaired) electrons. The van der Waals surface area contributed by atoms with Crippen LogP contribution in [0, 0.1) is 0 Å². The SMILES string of the molecule is CN=C(NCc1nnc2n1CCCC2)N(C)Cc1ccccc1Cl.I. The zero-order valence-corrected chi connectivity index (χ0v) is 17.7. The number of benzene rings is 1. The minimum Gasteiger partial charge on any atom is -0.349 e. The summed E-state index contributed by atoms with van der Waals surface area (Å²) < 4.78 is 2.22. The summed E-state index contributed by atoms with van der Waals surface area (Å²) in [4.78, 5) is 6.41. The van der Waals surface area contributed by atoms with Gasteiger partial charge in [-0.15, -0.1) is 34.2 Å². The molecule has 0 atom stereocenters. The van der Waals surface area contributed by atoms with Gasteiger partial charge in [-0.05, 0) is 24.5 Å². The number of aliphatic imine (C=N–C) groups is 1. The van der Waals surface area contributed by atoms with Crippen LogP contribution in [0.2, 0.25) is 5.02 Å². The highest BCUT2D eigenvalue weighted by Gasteiger charge is 2.16. The number of aryl methyl sites for hydroxylation is 1. The van der Waals surface area contributed by atoms with E-state index in [-0.39, 0.29) is 24.0 Å². The summed E-state index contributed by atoms with van der Waals surface area (Å²) in [6.07, 6.45) is 3.42. The van der Waals surface area contributed by atoms with Crippen molar-refractivity contribution >= 4 is 41.5 Å². The van der Waals surface area contributed by atoms with Crippen LogP contribution in [-0.4, -0.2) is 39.7 Å². The lowest BCUT2D eigenvalue weighted by molar-refractivity contribution is 0.468. The molecule has 1 aromatic heterocycles. The first kappa shape index (κ1) is 20.0. The van der Waals surface area contributed by atoms with E-state index in [1.807, 2.05) is 31.3 Å². The number of hydrogen-bond donors (Lipinski definition) is 1. The van der Waals surface area contributed by atoms with Crippen LogP contribution in [-0.2, 0) is 26.1 Å². The monoisotopic (exact) mass is 474 g/mol. The third-order valence-electron chi connectivity index (χ3n) is 4.28. The van der Waals surface area contributed by atoms with E-state index in [0.717, 1.165) is 41.2 Å². The molecule has 25 heavy (non-hydrogen) atoms. The van der Waals surface area contributed by atoms with Crippen molar-refractivity contribution in [2.24, 2.45) is 4.99 Å². The normalized spacial score (nSPS) is 13.8. The minimum absolute atomic E-state index is 0. The molecule has 0 saturated heterocycles. The number of nitrogens with zero attached hydrogens (tertiary/aromatic N) is 5. The molecule has 0 fully saturated rings. The van der Waals surface area contributed by atoms with Gasteiger partial charge in [-0.25, -0.2) is 0 Å². The van der Waals surface area contributed by atoms with Crippen molar-refractivity contribution in [3.8, 4) is 0 Å². The Labute approximate surface area is 170 Å². The molecule has 1 aliphatic rings. The van der Waals surface area contributed by atoms with Gasteiger partial charge in [-0.1, -0.05) is 29.8 Å². The smallest absolute Gasteiger partial charge is 0.194 e. The summed E-state index contributed by atoms with van der Waals surface area (Å²) in [5.74, 6) is 2.87. The number of fused-ring (bicyclic) bond motifs is 1. The molecule has 2 heterocycles. The summed E-state index contributed by atoms with van der Waals surface area (Å²) >= 11 is 6.25. The fourth-order valence-corrected chi connectivity index (χ4v) is 3.19. The van der Waals surface area contributed by atoms with Crippen LogP contribution in [0.15, 0.2) is 29.3 Å². The summed E-state index contributed by atoms with van der Waals surface area (Å²) in [5.41, 5.74) is 1.07. The lowest BCUT2D eigenvalue weighted by Gasteiger charge is -2.23. The largest absolute Gasteiger partial charge is 0.349 e. The molecule has 0 bridgehead atoms. The Hall–Kier alpha value is -1.35. The van der Waals surface area contributed by atoms with Crippen molar-refractivity contribution in [1.29, 1.82) is 0 Å². The van der Waals surface area contributed by atoms with Crippen LogP contribution in [0.5, 0.6) is 0 Å². The maximum atomic E-state index is 6.25. The molecule has 1 aliphatic heterocycles. The Morgan fingerprint density at radius 2 is 2.12 bits per heavy atom. The molecule has 2 aromatic rings. The van der Waals surface area contributed by atoms with Gasteiger partial charge in [0.2, 0.25) is 0 Å². The summed E-state index contributed by atoms with van der Waals surface area (Å²) in [6, 6.07) is 7.87. The second-order valence-corrected chi connectivity index (χ2v) is 6.40. The van der Waals surface area contributed by atoms with E-state index in [4.69, 9.17) is 11.6 Å². The first-order valence-corrected chi connectivity index (χ1v) is 8.63. The maximum Gasteiger partial charge on any atom is 0.194 e. The quantitative estimate of drug-likeness (QED) is 0.420. The standard InChI is InChI=1S/C17H23ClN6.HI/c1-19-17(23(2)12-13-7-3-4-8-14(13)18)20-11-16-22-21-15-9-5-6-10-24(15)16;/h3-4,7-8H,5-6,9-12H2,1-2H3,(H,19,20);1H. The molecule has 1 N–H and O–H groups in total. The summed E-state index contributed by atoms with van der Waals surface area (Å²) in [6.45, 7) is 2.32. The molecule has 0 aliphatic carbocycles. The molecule has 1 aromatic carbocycles. The predicted octanol–water partition coefficient (Wildman–Crippen LogP) is 3.09. The van der Waals surface area contributed by atoms with Gasteiger partial charge in [0.25, 0.3) is 0 Å². The van der Waals surface area contributed by atoms with Crippen molar-refractivity contribution < 1.29 is 0 Å². The molecule has 136 valence electrons. The minimum atomic E-state index is 0. The van der Waals surface area contributed by atoms with E-state index in [9.17, 15) is 0 Å². The predicted molar refractivity (Wildman–Crippen MR) is 111 cm³/mol. The van der Waals surface area contributed by atoms with Gasteiger partial charge in [0.05, 0.1) is 6.54 Å². The van der Waals surface area contributed by atoms with E-state index in [1.165, 1.54) is 12.8 Å². The average Bonchev–Trinajstić information content (AvgIpc) is 3.01. The number of halogens is 2. The average molecular weight is 475 g/mol. The zero-order chi connectivity index (χ0) is 16.9. The van der Waals surface area contributed by atoms with Crippen LogP contribution >= 0.6 is 35.6 Å². The van der Waals surface area contributed by atoms with Crippen molar-refractivity contribution in [3.63, 3.8) is 0 Å². The number of rotatable bonds is 4. The van der Waals surface area contributed by atoms with Crippen molar-refractivity contribution in [1.82, 2.24) is 25.0 Å². The molecule has 8 heteroatoms. The molecule has 3 rings (SSSR count). The van der Waals surface area contributed by atoms with E-state index < -0.39 is 0 Å². The van der Waals surface area contributed by atoms with Crippen LogP contribution in [0.25, 0.3) is 0 Å². The zero-order valence-electron chi connectivity index (χ0n) is 14.6. The number of aromatic nitrogens is 3. The van der Waals surface area contributed by atoms with Gasteiger partial charge in [-0.2, -0.15) is 0 Å². The molecule has 0 amide bonds. The summed E-state index contributed by atoms with van der Waals surface area (Å²) in [5, 5.41) is 12.7. The first-order valence-electron chi connectivity index (χ1n) is 8.25. The molecular weight excluding hydrogens is 451 g/mol. The van der Waals surface area contributed by atoms with Gasteiger partial charge in [-0.3, -0.25) is 4.99 Å². The topological polar surface area (TPSA) is 58.3 Å². The third-order valence-corrected chi connectivity index (χ3v) is 4.65. The second-order valence-electron chi connectivity index (χ2n) is 5.99. The van der Waals surface area contributed by atoms with Gasteiger partial charge >= 0.3 is 0 Å². The van der Waals surface area contributed by atoms with E-state index in [1.54, 1.807) is 7.05 Å². The number of nitrogens with one attached hydrogen (secondary N) is 1. The van der Waals surface area contributed by atoms with E-state index >= 15 is 0 Å². The van der Waals surface area contributed by atoms with Crippen LogP contribution in [0.1, 0.15) is 30.1 Å². The third kappa shape index (κ3) is 4.84. The molecule has 0 unspecified atom stereocenters. The first-order chi connectivity index (χ1) is 11.7. The fraction of sp³-hybridized carbons (Fsp3) is 0.471. The summed E-state index contributed by atoms with van der Waals surface area (Å²) in [7, 11) is 3.78. The van der Waals surface area contributed by atoms with Gasteiger partial charge in [0, 0.05) is 38.6 Å². The molecule has 0 saturated carbocycles. The van der Waals surface area contributed by atoms with Crippen molar-refractivity contribution in [3.05, 3.63) is 46.5 Å². The second kappa shape index (κ2) is 9.38. The van der Waals surface area contributed by atoms with Crippen molar-refractivity contribution in [2.45, 2.75) is 38.9 Å². The maximum absolute atomic E-state index is 6.25. The van der Waals surface area contributed by atoms with Gasteiger partial charge < -0.3 is 14.8 Å². The Morgan fingerprint density at radius 3 is 2.88 bits per heavy atom. The highest BCUT2D eigenvalue weighted by molar-refractivity contribution is 14.0. The van der Waals surface area contributed by atoms with E-state index in [2.05, 4.69) is 30.0 Å². The number of hydrogen-bond acceptors (Lipinski definition) is 3. The van der Waals surface area contributed by atoms with Crippen LogP contribution < -0.4 is 5.32 Å². The van der Waals surface area contributed by atoms with Gasteiger partial charge in [0.15, 0.2) is 11.8 Å². The van der Waals surface area contributed by atoms with E-state index in [0.29, 0.717) is 13.1 Å². The molecule has 6 nitrogen and oxygen atoms in total. The lowest BCUT2D eigenvalue weighted by atomic mass is 10.2. The highest BCUT2D eigenvalue weighted by atomic mass is 127. The highest BCUT2D eigenvalue weighted by Crippen LogP contribution is 2.17. The Kier molecular flexibility index (Phi) is 7.49. The van der Waals surface area contributed by atoms with Crippen LogP contribution in [0.4, 0.5) is 0 Å². The van der Waals surface area contributed by atoms with Gasteiger partial charge in [0.1, 0.15) is 5.82 Å². The molecule has 0 spiro atoms. The molecular formula is C17H24ClIN6.